The van der Waals surface area contributed by atoms with Gasteiger partial charge in [0.2, 0.25) is 0 Å². The van der Waals surface area contributed by atoms with E-state index in [1.54, 1.807) is 0 Å². The van der Waals surface area contributed by atoms with Crippen molar-refractivity contribution in [3.8, 4) is 5.75 Å². The fourth-order valence-electron chi connectivity index (χ4n) is 2.78. The number of fused-ring (bicyclic) bond motifs is 1. The van der Waals surface area contributed by atoms with Crippen LogP contribution in [0.2, 0.25) is 0 Å². The van der Waals surface area contributed by atoms with Gasteiger partial charge in [-0.25, -0.2) is 0 Å². The molecule has 2 rings (SSSR count). The van der Waals surface area contributed by atoms with Gasteiger partial charge in [0.1, 0.15) is 5.75 Å². The molecule has 0 aromatic heterocycles. The van der Waals surface area contributed by atoms with Gasteiger partial charge in [-0.2, -0.15) is 0 Å². The molecule has 0 saturated heterocycles. The van der Waals surface area contributed by atoms with Crippen LogP contribution in [0.4, 0.5) is 5.69 Å². The summed E-state index contributed by atoms with van der Waals surface area (Å²) in [6.07, 6.45) is 0.280. The fraction of sp³-hybridized carbons (Fsp3) is 0.611. The van der Waals surface area contributed by atoms with E-state index in [-0.39, 0.29) is 23.4 Å². The lowest BCUT2D eigenvalue weighted by atomic mass is 9.83. The van der Waals surface area contributed by atoms with Gasteiger partial charge in [-0.15, -0.1) is 0 Å². The van der Waals surface area contributed by atoms with Crippen LogP contribution in [0, 0.1) is 5.41 Å². The molecule has 0 spiro atoms. The minimum atomic E-state index is -0.392. The normalized spacial score (nSPS) is 19.9. The second kappa shape index (κ2) is 5.92. The molecule has 0 bridgehead atoms. The summed E-state index contributed by atoms with van der Waals surface area (Å²) in [5, 5.41) is 0. The Bertz CT molecular complexity index is 561. The Hall–Kier alpha value is -1.55. The third-order valence-electron chi connectivity index (χ3n) is 4.20. The predicted octanol–water partition coefficient (Wildman–Crippen LogP) is 3.64. The Kier molecular flexibility index (Phi) is 4.52. The van der Waals surface area contributed by atoms with Crippen LogP contribution in [0.15, 0.2) is 18.2 Å². The Morgan fingerprint density at radius 1 is 1.32 bits per heavy atom. The molecular formula is C18H28N2O2. The van der Waals surface area contributed by atoms with Crippen LogP contribution >= 0.6 is 0 Å². The van der Waals surface area contributed by atoms with E-state index in [4.69, 9.17) is 10.5 Å². The van der Waals surface area contributed by atoms with Crippen molar-refractivity contribution in [3.05, 3.63) is 23.8 Å². The van der Waals surface area contributed by atoms with Crippen LogP contribution in [0.25, 0.3) is 0 Å². The van der Waals surface area contributed by atoms with Gasteiger partial charge in [0, 0.05) is 12.1 Å². The fourth-order valence-corrected chi connectivity index (χ4v) is 2.78. The van der Waals surface area contributed by atoms with E-state index in [1.807, 2.05) is 43.9 Å². The summed E-state index contributed by atoms with van der Waals surface area (Å²) in [4.78, 5) is 14.4. The van der Waals surface area contributed by atoms with E-state index >= 15 is 0 Å². The monoisotopic (exact) mass is 304 g/mol. The molecule has 0 aliphatic carbocycles. The molecule has 1 aromatic carbocycles. The zero-order chi connectivity index (χ0) is 16.7. The number of rotatable bonds is 3. The second-order valence-electron chi connectivity index (χ2n) is 7.39. The van der Waals surface area contributed by atoms with E-state index < -0.39 is 6.10 Å². The molecular weight excluding hydrogens is 276 g/mol. The first-order valence-electron chi connectivity index (χ1n) is 8.06. The Labute approximate surface area is 133 Å². The molecule has 1 aliphatic heterocycles. The molecule has 1 heterocycles. The zero-order valence-corrected chi connectivity index (χ0v) is 14.5. The molecule has 122 valence electrons. The van der Waals surface area contributed by atoms with E-state index in [2.05, 4.69) is 20.8 Å². The van der Waals surface area contributed by atoms with E-state index in [0.29, 0.717) is 6.42 Å². The number of benzene rings is 1. The standard InChI is InChI=1S/C18H28N2O2/c1-7-14-17(21)20(11(2)3)13-10-12(8-9-15(13)22-14)16(19)18(4,5)6/h8-11,14,16H,7,19H2,1-6H3. The average Bonchev–Trinajstić information content (AvgIpc) is 2.43. The molecule has 0 radical (unpaired) electrons. The summed E-state index contributed by atoms with van der Waals surface area (Å²) in [7, 11) is 0. The maximum Gasteiger partial charge on any atom is 0.268 e. The molecule has 22 heavy (non-hydrogen) atoms. The highest BCUT2D eigenvalue weighted by Crippen LogP contribution is 2.40. The molecule has 1 aliphatic rings. The number of nitrogens with zero attached hydrogens (tertiary/aromatic N) is 1. The quantitative estimate of drug-likeness (QED) is 0.927. The van der Waals surface area contributed by atoms with Crippen LogP contribution in [0.5, 0.6) is 5.75 Å². The summed E-state index contributed by atoms with van der Waals surface area (Å²) < 4.78 is 5.86. The molecule has 1 aromatic rings. The summed E-state index contributed by atoms with van der Waals surface area (Å²) in [5.41, 5.74) is 8.20. The molecule has 2 unspecified atom stereocenters. The number of carbonyl (C=O) groups is 1. The Morgan fingerprint density at radius 2 is 1.95 bits per heavy atom. The van der Waals surface area contributed by atoms with Crippen molar-refractivity contribution in [2.45, 2.75) is 66.2 Å². The SMILES string of the molecule is CCC1Oc2ccc(C(N)C(C)(C)C)cc2N(C(C)C)C1=O. The van der Waals surface area contributed by atoms with Crippen molar-refractivity contribution in [1.82, 2.24) is 0 Å². The maximum absolute atomic E-state index is 12.6. The van der Waals surface area contributed by atoms with Crippen molar-refractivity contribution in [1.29, 1.82) is 0 Å². The molecule has 4 nitrogen and oxygen atoms in total. The highest BCUT2D eigenvalue weighted by molar-refractivity contribution is 6.00. The average molecular weight is 304 g/mol. The lowest BCUT2D eigenvalue weighted by Gasteiger charge is -2.37. The van der Waals surface area contributed by atoms with Crippen molar-refractivity contribution < 1.29 is 9.53 Å². The number of hydrogen-bond donors (Lipinski definition) is 1. The maximum atomic E-state index is 12.6. The first kappa shape index (κ1) is 16.8. The molecule has 2 atom stereocenters. The van der Waals surface area contributed by atoms with E-state index in [9.17, 15) is 4.79 Å². The van der Waals surface area contributed by atoms with Crippen LogP contribution in [0.3, 0.4) is 0 Å². The Balaban J connectivity index is 2.49. The topological polar surface area (TPSA) is 55.6 Å². The van der Waals surface area contributed by atoms with Gasteiger partial charge in [0.15, 0.2) is 6.10 Å². The number of ether oxygens (including phenoxy) is 1. The second-order valence-corrected chi connectivity index (χ2v) is 7.39. The summed E-state index contributed by atoms with van der Waals surface area (Å²) in [6.45, 7) is 12.4. The zero-order valence-electron chi connectivity index (χ0n) is 14.5. The van der Waals surface area contributed by atoms with Gasteiger partial charge >= 0.3 is 0 Å². The van der Waals surface area contributed by atoms with Crippen molar-refractivity contribution >= 4 is 11.6 Å². The Morgan fingerprint density at radius 3 is 2.45 bits per heavy atom. The molecule has 0 fully saturated rings. The number of amides is 1. The lowest BCUT2D eigenvalue weighted by Crippen LogP contribution is -2.49. The number of carbonyl (C=O) groups excluding carboxylic acids is 1. The third kappa shape index (κ3) is 2.98. The van der Waals surface area contributed by atoms with Gasteiger partial charge in [0.05, 0.1) is 5.69 Å². The minimum absolute atomic E-state index is 0.0338. The van der Waals surface area contributed by atoms with Crippen molar-refractivity contribution in [2.24, 2.45) is 11.1 Å². The van der Waals surface area contributed by atoms with Crippen LogP contribution in [0.1, 0.15) is 59.6 Å². The third-order valence-corrected chi connectivity index (χ3v) is 4.20. The molecule has 0 saturated carbocycles. The largest absolute Gasteiger partial charge is 0.478 e. The smallest absolute Gasteiger partial charge is 0.268 e. The van der Waals surface area contributed by atoms with Gasteiger partial charge in [0.25, 0.3) is 5.91 Å². The summed E-state index contributed by atoms with van der Waals surface area (Å²) in [6, 6.07) is 5.96. The first-order valence-corrected chi connectivity index (χ1v) is 8.06. The van der Waals surface area contributed by atoms with Gasteiger partial charge in [-0.3, -0.25) is 4.79 Å². The van der Waals surface area contributed by atoms with E-state index in [0.717, 1.165) is 17.0 Å². The number of hydrogen-bond acceptors (Lipinski definition) is 3. The first-order chi connectivity index (χ1) is 10.2. The number of anilines is 1. The lowest BCUT2D eigenvalue weighted by molar-refractivity contribution is -0.126. The summed E-state index contributed by atoms with van der Waals surface area (Å²) >= 11 is 0. The molecule has 4 heteroatoms. The summed E-state index contributed by atoms with van der Waals surface area (Å²) in [5.74, 6) is 0.802. The van der Waals surface area contributed by atoms with Crippen LogP contribution in [-0.4, -0.2) is 18.1 Å². The van der Waals surface area contributed by atoms with Gasteiger partial charge in [-0.05, 0) is 43.4 Å². The van der Waals surface area contributed by atoms with Crippen molar-refractivity contribution in [2.75, 3.05) is 4.90 Å². The van der Waals surface area contributed by atoms with Gasteiger partial charge in [-0.1, -0.05) is 33.8 Å². The van der Waals surface area contributed by atoms with Crippen LogP contribution in [-0.2, 0) is 4.79 Å². The highest BCUT2D eigenvalue weighted by Gasteiger charge is 2.35. The van der Waals surface area contributed by atoms with Gasteiger partial charge < -0.3 is 15.4 Å². The van der Waals surface area contributed by atoms with Crippen LogP contribution < -0.4 is 15.4 Å². The highest BCUT2D eigenvalue weighted by atomic mass is 16.5. The number of nitrogens with two attached hydrogens (primary N) is 1. The molecule has 1 amide bonds. The minimum Gasteiger partial charge on any atom is -0.478 e. The van der Waals surface area contributed by atoms with E-state index in [1.165, 1.54) is 0 Å². The van der Waals surface area contributed by atoms with Crippen molar-refractivity contribution in [3.63, 3.8) is 0 Å². The predicted molar refractivity (Wildman–Crippen MR) is 90.2 cm³/mol. The molecule has 2 N–H and O–H groups in total.